The molecule has 76 valence electrons. The van der Waals surface area contributed by atoms with E-state index in [1.807, 2.05) is 18.2 Å². The highest BCUT2D eigenvalue weighted by Crippen LogP contribution is 2.29. The summed E-state index contributed by atoms with van der Waals surface area (Å²) in [6, 6.07) is 10.0. The van der Waals surface area contributed by atoms with Crippen molar-refractivity contribution in [3.63, 3.8) is 0 Å². The van der Waals surface area contributed by atoms with E-state index in [0.717, 1.165) is 15.7 Å². The Morgan fingerprint density at radius 2 is 2.00 bits per heavy atom. The molecule has 0 saturated heterocycles. The Hall–Kier alpha value is -1.35. The van der Waals surface area contributed by atoms with E-state index < -0.39 is 0 Å². The summed E-state index contributed by atoms with van der Waals surface area (Å²) in [7, 11) is 0. The lowest BCUT2D eigenvalue weighted by atomic mass is 10.1. The molecule has 0 amide bonds. The Bertz CT molecular complexity index is 495. The standard InChI is InChI=1S/C12H11BrN2/c1-8-4-2-3-5-10(8)12-11(13)6-9(14)7-15-12/h2-7H,14H2,1H3. The van der Waals surface area contributed by atoms with E-state index in [4.69, 9.17) is 5.73 Å². The fourth-order valence-electron chi connectivity index (χ4n) is 1.49. The molecule has 1 heterocycles. The smallest absolute Gasteiger partial charge is 0.0848 e. The molecule has 0 fully saturated rings. The first-order chi connectivity index (χ1) is 7.18. The minimum absolute atomic E-state index is 0.666. The second-order valence-corrected chi connectivity index (χ2v) is 4.27. The summed E-state index contributed by atoms with van der Waals surface area (Å²) in [5.41, 5.74) is 9.58. The van der Waals surface area contributed by atoms with Crippen molar-refractivity contribution in [3.05, 3.63) is 46.6 Å². The summed E-state index contributed by atoms with van der Waals surface area (Å²) in [4.78, 5) is 4.34. The predicted molar refractivity (Wildman–Crippen MR) is 66.5 cm³/mol. The summed E-state index contributed by atoms with van der Waals surface area (Å²) in [5, 5.41) is 0. The van der Waals surface area contributed by atoms with Crippen LogP contribution in [0.25, 0.3) is 11.3 Å². The minimum atomic E-state index is 0.666. The zero-order valence-corrected chi connectivity index (χ0v) is 9.95. The maximum atomic E-state index is 5.65. The second-order valence-electron chi connectivity index (χ2n) is 3.41. The number of anilines is 1. The van der Waals surface area contributed by atoms with Crippen LogP contribution in [0, 0.1) is 6.92 Å². The van der Waals surface area contributed by atoms with Crippen molar-refractivity contribution in [2.75, 3.05) is 5.73 Å². The van der Waals surface area contributed by atoms with Gasteiger partial charge in [0.1, 0.15) is 0 Å². The Labute approximate surface area is 97.3 Å². The van der Waals surface area contributed by atoms with E-state index in [1.165, 1.54) is 5.56 Å². The van der Waals surface area contributed by atoms with Gasteiger partial charge in [0.2, 0.25) is 0 Å². The lowest BCUT2D eigenvalue weighted by molar-refractivity contribution is 1.29. The summed E-state index contributed by atoms with van der Waals surface area (Å²) in [6.45, 7) is 2.07. The molecule has 1 aromatic heterocycles. The molecule has 0 aliphatic heterocycles. The first kappa shape index (κ1) is 10.2. The average molecular weight is 263 g/mol. The number of hydrogen-bond acceptors (Lipinski definition) is 2. The maximum Gasteiger partial charge on any atom is 0.0848 e. The Kier molecular flexibility index (Phi) is 2.73. The Balaban J connectivity index is 2.60. The van der Waals surface area contributed by atoms with Crippen LogP contribution in [0.4, 0.5) is 5.69 Å². The number of aromatic nitrogens is 1. The third-order valence-electron chi connectivity index (χ3n) is 2.26. The number of nitrogens with zero attached hydrogens (tertiary/aromatic N) is 1. The molecule has 0 radical (unpaired) electrons. The predicted octanol–water partition coefficient (Wildman–Crippen LogP) is 3.40. The summed E-state index contributed by atoms with van der Waals surface area (Å²) < 4.78 is 0.928. The minimum Gasteiger partial charge on any atom is -0.397 e. The van der Waals surface area contributed by atoms with Crippen LogP contribution in [0.1, 0.15) is 5.56 Å². The SMILES string of the molecule is Cc1ccccc1-c1ncc(N)cc1Br. The van der Waals surface area contributed by atoms with Crippen LogP contribution in [-0.4, -0.2) is 4.98 Å². The van der Waals surface area contributed by atoms with E-state index in [2.05, 4.69) is 40.0 Å². The van der Waals surface area contributed by atoms with Gasteiger partial charge in [-0.1, -0.05) is 24.3 Å². The Morgan fingerprint density at radius 3 is 2.67 bits per heavy atom. The van der Waals surface area contributed by atoms with Crippen molar-refractivity contribution in [3.8, 4) is 11.3 Å². The topological polar surface area (TPSA) is 38.9 Å². The molecule has 3 heteroatoms. The number of halogens is 1. The van der Waals surface area contributed by atoms with Gasteiger partial charge in [-0.2, -0.15) is 0 Å². The number of pyridine rings is 1. The van der Waals surface area contributed by atoms with Gasteiger partial charge in [0.15, 0.2) is 0 Å². The van der Waals surface area contributed by atoms with Gasteiger partial charge >= 0.3 is 0 Å². The van der Waals surface area contributed by atoms with E-state index in [-0.39, 0.29) is 0 Å². The molecule has 0 bridgehead atoms. The third-order valence-corrected chi connectivity index (χ3v) is 2.87. The van der Waals surface area contributed by atoms with Crippen LogP contribution < -0.4 is 5.73 Å². The van der Waals surface area contributed by atoms with Crippen molar-refractivity contribution < 1.29 is 0 Å². The molecule has 2 rings (SSSR count). The first-order valence-corrected chi connectivity index (χ1v) is 5.45. The molecule has 0 atom stereocenters. The van der Waals surface area contributed by atoms with Crippen LogP contribution >= 0.6 is 15.9 Å². The fraction of sp³-hybridized carbons (Fsp3) is 0.0833. The second kappa shape index (κ2) is 4.03. The zero-order valence-electron chi connectivity index (χ0n) is 8.37. The van der Waals surface area contributed by atoms with Gasteiger partial charge in [0.25, 0.3) is 0 Å². The maximum absolute atomic E-state index is 5.65. The highest BCUT2D eigenvalue weighted by Gasteiger charge is 2.06. The molecule has 0 unspecified atom stereocenters. The quantitative estimate of drug-likeness (QED) is 0.856. The summed E-state index contributed by atoms with van der Waals surface area (Å²) in [6.07, 6.45) is 1.67. The summed E-state index contributed by atoms with van der Waals surface area (Å²) >= 11 is 3.48. The molecule has 0 saturated carbocycles. The Morgan fingerprint density at radius 1 is 1.27 bits per heavy atom. The molecular formula is C12H11BrN2. The van der Waals surface area contributed by atoms with E-state index >= 15 is 0 Å². The number of benzene rings is 1. The van der Waals surface area contributed by atoms with Crippen molar-refractivity contribution in [2.45, 2.75) is 6.92 Å². The van der Waals surface area contributed by atoms with Gasteiger partial charge in [-0.05, 0) is 34.5 Å². The van der Waals surface area contributed by atoms with Crippen LogP contribution in [-0.2, 0) is 0 Å². The van der Waals surface area contributed by atoms with E-state index in [9.17, 15) is 0 Å². The van der Waals surface area contributed by atoms with Gasteiger partial charge in [0.05, 0.1) is 17.6 Å². The first-order valence-electron chi connectivity index (χ1n) is 4.65. The summed E-state index contributed by atoms with van der Waals surface area (Å²) in [5.74, 6) is 0. The van der Waals surface area contributed by atoms with Crippen LogP contribution in [0.15, 0.2) is 41.0 Å². The third kappa shape index (κ3) is 2.02. The highest BCUT2D eigenvalue weighted by molar-refractivity contribution is 9.10. The molecule has 2 aromatic rings. The number of aryl methyl sites for hydroxylation is 1. The van der Waals surface area contributed by atoms with Gasteiger partial charge in [0, 0.05) is 10.0 Å². The lowest BCUT2D eigenvalue weighted by Gasteiger charge is -2.07. The zero-order chi connectivity index (χ0) is 10.8. The van der Waals surface area contributed by atoms with E-state index in [0.29, 0.717) is 5.69 Å². The molecule has 0 aliphatic rings. The molecule has 2 nitrogen and oxygen atoms in total. The highest BCUT2D eigenvalue weighted by atomic mass is 79.9. The molecule has 15 heavy (non-hydrogen) atoms. The van der Waals surface area contributed by atoms with Crippen molar-refractivity contribution in [2.24, 2.45) is 0 Å². The molecular weight excluding hydrogens is 252 g/mol. The van der Waals surface area contributed by atoms with Crippen molar-refractivity contribution in [1.82, 2.24) is 4.98 Å². The molecule has 2 N–H and O–H groups in total. The van der Waals surface area contributed by atoms with Crippen LogP contribution in [0.5, 0.6) is 0 Å². The normalized spacial score (nSPS) is 10.3. The number of nitrogens with two attached hydrogens (primary N) is 1. The number of nitrogen functional groups attached to an aromatic ring is 1. The van der Waals surface area contributed by atoms with Crippen molar-refractivity contribution in [1.29, 1.82) is 0 Å². The van der Waals surface area contributed by atoms with Crippen LogP contribution in [0.2, 0.25) is 0 Å². The van der Waals surface area contributed by atoms with Gasteiger partial charge in [-0.25, -0.2) is 0 Å². The molecule has 1 aromatic carbocycles. The van der Waals surface area contributed by atoms with E-state index in [1.54, 1.807) is 6.20 Å². The molecule has 0 aliphatic carbocycles. The lowest BCUT2D eigenvalue weighted by Crippen LogP contribution is -1.91. The average Bonchev–Trinajstić information content (AvgIpc) is 2.20. The number of rotatable bonds is 1. The van der Waals surface area contributed by atoms with Gasteiger partial charge in [-0.15, -0.1) is 0 Å². The molecule has 0 spiro atoms. The van der Waals surface area contributed by atoms with Gasteiger partial charge in [-0.3, -0.25) is 4.98 Å². The van der Waals surface area contributed by atoms with Gasteiger partial charge < -0.3 is 5.73 Å². The largest absolute Gasteiger partial charge is 0.397 e. The van der Waals surface area contributed by atoms with Crippen LogP contribution in [0.3, 0.4) is 0 Å². The number of hydrogen-bond donors (Lipinski definition) is 1. The monoisotopic (exact) mass is 262 g/mol. The van der Waals surface area contributed by atoms with Crippen molar-refractivity contribution >= 4 is 21.6 Å². The fourth-order valence-corrected chi connectivity index (χ4v) is 2.07.